The number of benzene rings is 2. The zero-order valence-electron chi connectivity index (χ0n) is 14.6. The van der Waals surface area contributed by atoms with Crippen molar-refractivity contribution in [3.8, 4) is 21.8 Å². The van der Waals surface area contributed by atoms with Crippen LogP contribution in [0.15, 0.2) is 71.5 Å². The molecule has 1 amide bonds. The van der Waals surface area contributed by atoms with E-state index >= 15 is 0 Å². The first-order valence-electron chi connectivity index (χ1n) is 8.52. The highest BCUT2D eigenvalue weighted by atomic mass is 32.1. The van der Waals surface area contributed by atoms with Crippen molar-refractivity contribution in [1.82, 2.24) is 9.55 Å². The van der Waals surface area contributed by atoms with E-state index in [1.54, 1.807) is 6.92 Å². The van der Waals surface area contributed by atoms with Crippen LogP contribution in [0.3, 0.4) is 0 Å². The van der Waals surface area contributed by atoms with Crippen molar-refractivity contribution in [2.75, 3.05) is 0 Å². The van der Waals surface area contributed by atoms with E-state index in [-0.39, 0.29) is 5.56 Å². The Balaban J connectivity index is 2.02. The van der Waals surface area contributed by atoms with Crippen LogP contribution < -0.4 is 11.3 Å². The molecule has 27 heavy (non-hydrogen) atoms. The highest BCUT2D eigenvalue weighted by molar-refractivity contribution is 7.21. The van der Waals surface area contributed by atoms with Gasteiger partial charge in [-0.25, -0.2) is 4.98 Å². The minimum atomic E-state index is -0.801. The Hall–Kier alpha value is -3.25. The molecule has 0 aliphatic heterocycles. The highest BCUT2D eigenvalue weighted by Gasteiger charge is 2.22. The molecule has 4 rings (SSSR count). The summed E-state index contributed by atoms with van der Waals surface area (Å²) in [5.74, 6) is -0.130. The lowest BCUT2D eigenvalue weighted by Crippen LogP contribution is -2.33. The zero-order chi connectivity index (χ0) is 19.0. The fourth-order valence-corrected chi connectivity index (χ4v) is 4.04. The van der Waals surface area contributed by atoms with Crippen LogP contribution in [0.25, 0.3) is 32.0 Å². The number of carbonyl (C=O) groups is 1. The third kappa shape index (κ3) is 3.04. The predicted octanol–water partition coefficient (Wildman–Crippen LogP) is 3.84. The Kier molecular flexibility index (Phi) is 4.33. The number of thiophene rings is 1. The topological polar surface area (TPSA) is 78.0 Å². The Bertz CT molecular complexity index is 1180. The molecule has 0 saturated heterocycles. The first-order valence-corrected chi connectivity index (χ1v) is 9.34. The second-order valence-corrected chi connectivity index (χ2v) is 7.28. The van der Waals surface area contributed by atoms with Gasteiger partial charge in [0.25, 0.3) is 5.56 Å². The molecule has 0 radical (unpaired) electrons. The molecule has 2 aromatic heterocycles. The summed E-state index contributed by atoms with van der Waals surface area (Å²) in [5.41, 5.74) is 7.03. The van der Waals surface area contributed by atoms with Gasteiger partial charge in [-0.2, -0.15) is 0 Å². The molecule has 0 aliphatic rings. The average Bonchev–Trinajstić information content (AvgIpc) is 3.13. The molecule has 0 bridgehead atoms. The Morgan fingerprint density at radius 2 is 1.63 bits per heavy atom. The number of carbonyl (C=O) groups excluding carboxylic acids is 1. The van der Waals surface area contributed by atoms with Gasteiger partial charge in [0.2, 0.25) is 5.91 Å². The van der Waals surface area contributed by atoms with Gasteiger partial charge < -0.3 is 5.73 Å². The van der Waals surface area contributed by atoms with E-state index in [0.29, 0.717) is 16.0 Å². The summed E-state index contributed by atoms with van der Waals surface area (Å²) in [4.78, 5) is 31.4. The normalized spacial score (nSPS) is 12.2. The summed E-state index contributed by atoms with van der Waals surface area (Å²) in [6.07, 6.45) is 0. The first kappa shape index (κ1) is 17.2. The quantitative estimate of drug-likeness (QED) is 0.589. The summed E-state index contributed by atoms with van der Waals surface area (Å²) in [6, 6.07) is 20.2. The van der Waals surface area contributed by atoms with Gasteiger partial charge in [-0.15, -0.1) is 11.3 Å². The van der Waals surface area contributed by atoms with Crippen LogP contribution in [-0.4, -0.2) is 15.5 Å². The smallest absolute Gasteiger partial charge is 0.263 e. The van der Waals surface area contributed by atoms with Gasteiger partial charge in [0, 0.05) is 10.4 Å². The third-order valence-electron chi connectivity index (χ3n) is 4.49. The van der Waals surface area contributed by atoms with Gasteiger partial charge in [-0.05, 0) is 18.6 Å². The lowest BCUT2D eigenvalue weighted by Gasteiger charge is -2.16. The lowest BCUT2D eigenvalue weighted by molar-refractivity contribution is -0.120. The van der Waals surface area contributed by atoms with Crippen molar-refractivity contribution >= 4 is 27.5 Å². The molecule has 2 N–H and O–H groups in total. The van der Waals surface area contributed by atoms with Crippen LogP contribution in [0.5, 0.6) is 0 Å². The molecule has 0 fully saturated rings. The number of hydrogen-bond donors (Lipinski definition) is 1. The van der Waals surface area contributed by atoms with E-state index in [0.717, 1.165) is 16.0 Å². The first-order chi connectivity index (χ1) is 13.1. The molecule has 134 valence electrons. The number of hydrogen-bond acceptors (Lipinski definition) is 4. The number of nitrogens with two attached hydrogens (primary N) is 1. The second-order valence-electron chi connectivity index (χ2n) is 6.25. The van der Waals surface area contributed by atoms with E-state index in [1.165, 1.54) is 15.9 Å². The van der Waals surface area contributed by atoms with E-state index in [2.05, 4.69) is 0 Å². The van der Waals surface area contributed by atoms with E-state index in [4.69, 9.17) is 10.7 Å². The van der Waals surface area contributed by atoms with Crippen molar-refractivity contribution in [1.29, 1.82) is 0 Å². The molecule has 1 atom stereocenters. The summed E-state index contributed by atoms with van der Waals surface area (Å²) in [5, 5.41) is 0.492. The van der Waals surface area contributed by atoms with Gasteiger partial charge >= 0.3 is 0 Å². The highest BCUT2D eigenvalue weighted by Crippen LogP contribution is 2.32. The molecule has 2 aromatic carbocycles. The van der Waals surface area contributed by atoms with Crippen molar-refractivity contribution in [2.24, 2.45) is 5.73 Å². The van der Waals surface area contributed by atoms with Crippen molar-refractivity contribution in [3.63, 3.8) is 0 Å². The van der Waals surface area contributed by atoms with Gasteiger partial charge in [-0.3, -0.25) is 14.2 Å². The van der Waals surface area contributed by atoms with Gasteiger partial charge in [0.05, 0.1) is 5.39 Å². The van der Waals surface area contributed by atoms with E-state index in [1.807, 2.05) is 66.7 Å². The Morgan fingerprint density at radius 3 is 2.22 bits per heavy atom. The van der Waals surface area contributed by atoms with Crippen LogP contribution in [0, 0.1) is 0 Å². The maximum Gasteiger partial charge on any atom is 0.263 e. The molecule has 6 heteroatoms. The average molecular weight is 375 g/mol. The summed E-state index contributed by atoms with van der Waals surface area (Å²) < 4.78 is 1.39. The second kappa shape index (κ2) is 6.81. The van der Waals surface area contributed by atoms with Crippen LogP contribution in [0.1, 0.15) is 13.0 Å². The summed E-state index contributed by atoms with van der Waals surface area (Å²) in [6.45, 7) is 1.62. The number of nitrogens with zero attached hydrogens (tertiary/aromatic N) is 2. The maximum atomic E-state index is 13.2. The van der Waals surface area contributed by atoms with Crippen LogP contribution in [0.2, 0.25) is 0 Å². The minimum Gasteiger partial charge on any atom is -0.368 e. The molecular weight excluding hydrogens is 358 g/mol. The van der Waals surface area contributed by atoms with Gasteiger partial charge in [-0.1, -0.05) is 60.7 Å². The van der Waals surface area contributed by atoms with Crippen molar-refractivity contribution in [2.45, 2.75) is 13.0 Å². The molecular formula is C21H17N3O2S. The zero-order valence-corrected chi connectivity index (χ0v) is 15.4. The SMILES string of the molecule is CC(C(N)=O)n1c(-c2ccccc2)nc2sc(-c3ccccc3)cc2c1=O. The minimum absolute atomic E-state index is 0.261. The summed E-state index contributed by atoms with van der Waals surface area (Å²) >= 11 is 1.46. The monoisotopic (exact) mass is 375 g/mol. The van der Waals surface area contributed by atoms with Gasteiger partial charge in [0.1, 0.15) is 16.7 Å². The Labute approximate surface area is 159 Å². The largest absolute Gasteiger partial charge is 0.368 e. The molecule has 0 aliphatic carbocycles. The van der Waals surface area contributed by atoms with Crippen LogP contribution in [0.4, 0.5) is 0 Å². The number of primary amides is 1. The molecule has 1 unspecified atom stereocenters. The fourth-order valence-electron chi connectivity index (χ4n) is 3.02. The number of rotatable bonds is 4. The van der Waals surface area contributed by atoms with Crippen molar-refractivity contribution in [3.05, 3.63) is 77.1 Å². The molecule has 0 spiro atoms. The molecule has 2 heterocycles. The van der Waals surface area contributed by atoms with Crippen molar-refractivity contribution < 1.29 is 4.79 Å². The Morgan fingerprint density at radius 1 is 1.04 bits per heavy atom. The standard InChI is InChI=1S/C21H17N3O2S/c1-13(18(22)25)24-19(15-10-6-3-7-11-15)23-20-16(21(24)26)12-17(27-20)14-8-4-2-5-9-14/h2-13H,1H3,(H2,22,25). The molecule has 4 aromatic rings. The molecule has 5 nitrogen and oxygen atoms in total. The number of aromatic nitrogens is 2. The molecule has 0 saturated carbocycles. The third-order valence-corrected chi connectivity index (χ3v) is 5.56. The lowest BCUT2D eigenvalue weighted by atomic mass is 10.1. The predicted molar refractivity (Wildman–Crippen MR) is 109 cm³/mol. The summed E-state index contributed by atoms with van der Waals surface area (Å²) in [7, 11) is 0. The number of fused-ring (bicyclic) bond motifs is 1. The van der Waals surface area contributed by atoms with Crippen LogP contribution >= 0.6 is 11.3 Å². The fraction of sp³-hybridized carbons (Fsp3) is 0.0952. The van der Waals surface area contributed by atoms with E-state index < -0.39 is 11.9 Å². The maximum absolute atomic E-state index is 13.2. The van der Waals surface area contributed by atoms with Gasteiger partial charge in [0.15, 0.2) is 0 Å². The number of amides is 1. The van der Waals surface area contributed by atoms with Crippen LogP contribution in [-0.2, 0) is 4.79 Å². The van der Waals surface area contributed by atoms with E-state index in [9.17, 15) is 9.59 Å².